The number of benzene rings is 2. The molecule has 1 saturated carbocycles. The fraction of sp³-hybridized carbons (Fsp3) is 0.304. The van der Waals surface area contributed by atoms with Gasteiger partial charge in [-0.3, -0.25) is 0 Å². The number of hydrogen-bond donors (Lipinski definition) is 0. The third-order valence-electron chi connectivity index (χ3n) is 5.26. The van der Waals surface area contributed by atoms with E-state index in [4.69, 9.17) is 4.74 Å². The van der Waals surface area contributed by atoms with Crippen LogP contribution in [0.5, 0.6) is 5.75 Å². The van der Waals surface area contributed by atoms with Crippen molar-refractivity contribution >= 4 is 0 Å². The van der Waals surface area contributed by atoms with Gasteiger partial charge in [0.2, 0.25) is 0 Å². The van der Waals surface area contributed by atoms with E-state index in [1.54, 1.807) is 0 Å². The highest BCUT2D eigenvalue weighted by molar-refractivity contribution is 5.47. The molecule has 0 radical (unpaired) electrons. The Morgan fingerprint density at radius 1 is 1.15 bits per heavy atom. The number of aromatic nitrogens is 2. The highest BCUT2D eigenvalue weighted by atomic mass is 16.5. The zero-order chi connectivity index (χ0) is 19.0. The molecule has 0 unspecified atom stereocenters. The molecule has 0 amide bonds. The first kappa shape index (κ1) is 17.4. The second kappa shape index (κ2) is 6.92. The molecule has 0 aliphatic heterocycles. The van der Waals surface area contributed by atoms with Crippen LogP contribution in [0.3, 0.4) is 0 Å². The molecule has 0 N–H and O–H groups in total. The van der Waals surface area contributed by atoms with Crippen LogP contribution in [0.4, 0.5) is 0 Å². The molecule has 1 fully saturated rings. The molecule has 3 aromatic rings. The van der Waals surface area contributed by atoms with Crippen LogP contribution >= 0.6 is 0 Å². The molecule has 27 heavy (non-hydrogen) atoms. The van der Waals surface area contributed by atoms with Crippen LogP contribution in [-0.4, -0.2) is 9.78 Å². The van der Waals surface area contributed by atoms with E-state index in [-0.39, 0.29) is 0 Å². The minimum atomic E-state index is 0.589. The van der Waals surface area contributed by atoms with Crippen LogP contribution in [0.25, 0.3) is 5.69 Å². The van der Waals surface area contributed by atoms with E-state index >= 15 is 0 Å². The smallest absolute Gasteiger partial charge is 0.122 e. The molecule has 0 atom stereocenters. The van der Waals surface area contributed by atoms with Crippen LogP contribution in [0.15, 0.2) is 42.5 Å². The Morgan fingerprint density at radius 3 is 2.59 bits per heavy atom. The van der Waals surface area contributed by atoms with Crippen molar-refractivity contribution in [2.75, 3.05) is 0 Å². The zero-order valence-electron chi connectivity index (χ0n) is 16.0. The van der Waals surface area contributed by atoms with Crippen molar-refractivity contribution in [2.24, 2.45) is 0 Å². The molecule has 1 aromatic heterocycles. The zero-order valence-corrected chi connectivity index (χ0v) is 16.0. The van der Waals surface area contributed by atoms with Gasteiger partial charge in [-0.15, -0.1) is 0 Å². The molecule has 2 aromatic carbocycles. The maximum absolute atomic E-state index is 9.28. The van der Waals surface area contributed by atoms with Crippen molar-refractivity contribution in [3.8, 4) is 17.5 Å². The van der Waals surface area contributed by atoms with Crippen LogP contribution in [0.2, 0.25) is 0 Å². The molecule has 0 saturated heterocycles. The molecule has 136 valence electrons. The van der Waals surface area contributed by atoms with Gasteiger partial charge in [0, 0.05) is 0 Å². The van der Waals surface area contributed by atoms with E-state index in [1.165, 1.54) is 24.0 Å². The minimum Gasteiger partial charge on any atom is -0.489 e. The van der Waals surface area contributed by atoms with Gasteiger partial charge in [0.05, 0.1) is 22.6 Å². The molecule has 1 heterocycles. The number of hydrogen-bond acceptors (Lipinski definition) is 3. The van der Waals surface area contributed by atoms with Gasteiger partial charge >= 0.3 is 0 Å². The summed E-state index contributed by atoms with van der Waals surface area (Å²) in [6.45, 7) is 6.42. The number of aryl methyl sites for hydroxylation is 2. The summed E-state index contributed by atoms with van der Waals surface area (Å²) < 4.78 is 7.96. The third kappa shape index (κ3) is 3.33. The molecule has 0 bridgehead atoms. The first-order valence-electron chi connectivity index (χ1n) is 9.36. The van der Waals surface area contributed by atoms with E-state index in [2.05, 4.69) is 41.5 Å². The van der Waals surface area contributed by atoms with E-state index in [0.717, 1.165) is 28.4 Å². The summed E-state index contributed by atoms with van der Waals surface area (Å²) in [5.74, 6) is 1.60. The van der Waals surface area contributed by atoms with Crippen LogP contribution in [0, 0.1) is 32.1 Å². The summed E-state index contributed by atoms with van der Waals surface area (Å²) in [4.78, 5) is 0. The number of nitriles is 1. The maximum atomic E-state index is 9.28. The summed E-state index contributed by atoms with van der Waals surface area (Å²) in [6, 6.07) is 16.9. The van der Waals surface area contributed by atoms with Crippen molar-refractivity contribution in [3.05, 3.63) is 76.1 Å². The van der Waals surface area contributed by atoms with Crippen molar-refractivity contribution in [3.63, 3.8) is 0 Å². The Hall–Kier alpha value is -3.06. The van der Waals surface area contributed by atoms with Gasteiger partial charge < -0.3 is 4.74 Å². The third-order valence-corrected chi connectivity index (χ3v) is 5.26. The Balaban J connectivity index is 1.55. The minimum absolute atomic E-state index is 0.589. The monoisotopic (exact) mass is 357 g/mol. The first-order chi connectivity index (χ1) is 13.1. The summed E-state index contributed by atoms with van der Waals surface area (Å²) in [5.41, 5.74) is 6.97. The van der Waals surface area contributed by atoms with Gasteiger partial charge in [0.25, 0.3) is 0 Å². The molecule has 0 spiro atoms. The fourth-order valence-electron chi connectivity index (χ4n) is 3.60. The van der Waals surface area contributed by atoms with Crippen molar-refractivity contribution in [1.82, 2.24) is 9.78 Å². The van der Waals surface area contributed by atoms with Gasteiger partial charge in [0.15, 0.2) is 0 Å². The lowest BCUT2D eigenvalue weighted by Gasteiger charge is -2.14. The summed E-state index contributed by atoms with van der Waals surface area (Å²) in [5, 5.41) is 13.8. The SMILES string of the molecule is Cc1cc(-n2nc(C)c(C#N)c2C)ccc1OCc1ccccc1C1CC1. The van der Waals surface area contributed by atoms with E-state index in [1.807, 2.05) is 37.6 Å². The summed E-state index contributed by atoms with van der Waals surface area (Å²) in [7, 11) is 0. The van der Waals surface area contributed by atoms with Gasteiger partial charge in [-0.2, -0.15) is 10.4 Å². The fourth-order valence-corrected chi connectivity index (χ4v) is 3.60. The van der Waals surface area contributed by atoms with E-state index in [0.29, 0.717) is 18.1 Å². The Morgan fingerprint density at radius 2 is 1.93 bits per heavy atom. The van der Waals surface area contributed by atoms with Gasteiger partial charge in [-0.1, -0.05) is 24.3 Å². The predicted molar refractivity (Wildman–Crippen MR) is 105 cm³/mol. The topological polar surface area (TPSA) is 50.8 Å². The standard InChI is InChI=1S/C23H23N3O/c1-15-12-20(26-17(3)22(13-24)16(2)25-26)10-11-23(15)27-14-19-6-4-5-7-21(19)18-8-9-18/h4-7,10-12,18H,8-9,14H2,1-3H3. The number of ether oxygens (including phenoxy) is 1. The molecule has 1 aliphatic rings. The highest BCUT2D eigenvalue weighted by Gasteiger charge is 2.25. The molecular weight excluding hydrogens is 334 g/mol. The molecule has 4 rings (SSSR count). The van der Waals surface area contributed by atoms with E-state index < -0.39 is 0 Å². The predicted octanol–water partition coefficient (Wildman–Crippen LogP) is 5.13. The number of rotatable bonds is 5. The Labute approximate surface area is 160 Å². The second-order valence-electron chi connectivity index (χ2n) is 7.28. The Kier molecular flexibility index (Phi) is 4.45. The normalized spacial score (nSPS) is 13.4. The average Bonchev–Trinajstić information content (AvgIpc) is 3.46. The van der Waals surface area contributed by atoms with Gasteiger partial charge in [-0.25, -0.2) is 4.68 Å². The quantitative estimate of drug-likeness (QED) is 0.636. The lowest BCUT2D eigenvalue weighted by atomic mass is 10.0. The van der Waals surface area contributed by atoms with Crippen LogP contribution in [-0.2, 0) is 6.61 Å². The first-order valence-corrected chi connectivity index (χ1v) is 9.36. The average molecular weight is 357 g/mol. The van der Waals surface area contributed by atoms with E-state index in [9.17, 15) is 5.26 Å². The molecular formula is C23H23N3O. The van der Waals surface area contributed by atoms with Gasteiger partial charge in [0.1, 0.15) is 18.4 Å². The molecule has 1 aliphatic carbocycles. The van der Waals surface area contributed by atoms with Crippen molar-refractivity contribution in [1.29, 1.82) is 5.26 Å². The van der Waals surface area contributed by atoms with Crippen molar-refractivity contribution in [2.45, 2.75) is 46.1 Å². The largest absolute Gasteiger partial charge is 0.489 e. The number of nitrogens with zero attached hydrogens (tertiary/aromatic N) is 3. The maximum Gasteiger partial charge on any atom is 0.122 e. The molecule has 4 heteroatoms. The van der Waals surface area contributed by atoms with Crippen LogP contribution < -0.4 is 4.74 Å². The molecule has 4 nitrogen and oxygen atoms in total. The van der Waals surface area contributed by atoms with Gasteiger partial charge in [-0.05, 0) is 74.4 Å². The Bertz CT molecular complexity index is 1040. The summed E-state index contributed by atoms with van der Waals surface area (Å²) >= 11 is 0. The lowest BCUT2D eigenvalue weighted by Crippen LogP contribution is -2.03. The lowest BCUT2D eigenvalue weighted by molar-refractivity contribution is 0.303. The highest BCUT2D eigenvalue weighted by Crippen LogP contribution is 2.41. The van der Waals surface area contributed by atoms with Crippen molar-refractivity contribution < 1.29 is 4.74 Å². The second-order valence-corrected chi connectivity index (χ2v) is 7.28. The van der Waals surface area contributed by atoms with Crippen LogP contribution in [0.1, 0.15) is 52.4 Å². The summed E-state index contributed by atoms with van der Waals surface area (Å²) in [6.07, 6.45) is 2.58.